The predicted molar refractivity (Wildman–Crippen MR) is 114 cm³/mol. The van der Waals surface area contributed by atoms with Gasteiger partial charge in [-0.05, 0) is 43.4 Å². The third-order valence-electron chi connectivity index (χ3n) is 4.68. The SMILES string of the molecule is CCNC(=NCc1ccnn1C)NCC1CCCc2ccccc21.I. The fraction of sp³-hybridized carbons (Fsp3) is 0.474. The number of guanidine groups is 1. The maximum atomic E-state index is 4.69. The van der Waals surface area contributed by atoms with Crippen LogP contribution in [0.2, 0.25) is 0 Å². The molecule has 1 aliphatic carbocycles. The van der Waals surface area contributed by atoms with E-state index >= 15 is 0 Å². The molecule has 136 valence electrons. The van der Waals surface area contributed by atoms with E-state index in [2.05, 4.69) is 46.9 Å². The molecule has 1 aliphatic rings. The molecule has 2 aromatic rings. The lowest BCUT2D eigenvalue weighted by Crippen LogP contribution is -2.39. The second kappa shape index (κ2) is 9.79. The van der Waals surface area contributed by atoms with Crippen LogP contribution in [0.5, 0.6) is 0 Å². The Morgan fingerprint density at radius 3 is 2.88 bits per heavy atom. The molecular weight excluding hydrogens is 425 g/mol. The van der Waals surface area contributed by atoms with E-state index in [9.17, 15) is 0 Å². The number of aliphatic imine (C=N–C) groups is 1. The minimum Gasteiger partial charge on any atom is -0.357 e. The van der Waals surface area contributed by atoms with Crippen molar-refractivity contribution in [3.05, 3.63) is 53.3 Å². The molecule has 0 saturated carbocycles. The van der Waals surface area contributed by atoms with Crippen molar-refractivity contribution < 1.29 is 0 Å². The monoisotopic (exact) mass is 453 g/mol. The summed E-state index contributed by atoms with van der Waals surface area (Å²) in [5, 5.41) is 11.1. The highest BCUT2D eigenvalue weighted by Gasteiger charge is 2.19. The van der Waals surface area contributed by atoms with Crippen molar-refractivity contribution in [1.82, 2.24) is 20.4 Å². The van der Waals surface area contributed by atoms with Gasteiger partial charge in [-0.1, -0.05) is 24.3 Å². The van der Waals surface area contributed by atoms with Gasteiger partial charge in [0.1, 0.15) is 0 Å². The number of hydrogen-bond acceptors (Lipinski definition) is 2. The summed E-state index contributed by atoms with van der Waals surface area (Å²) in [6.07, 6.45) is 5.53. The number of nitrogens with zero attached hydrogens (tertiary/aromatic N) is 3. The Balaban J connectivity index is 0.00000225. The maximum absolute atomic E-state index is 4.69. The molecule has 1 aromatic carbocycles. The van der Waals surface area contributed by atoms with E-state index in [-0.39, 0.29) is 24.0 Å². The summed E-state index contributed by atoms with van der Waals surface area (Å²) in [7, 11) is 1.95. The molecular formula is C19H28IN5. The summed E-state index contributed by atoms with van der Waals surface area (Å²) in [6, 6.07) is 10.8. The van der Waals surface area contributed by atoms with Crippen LogP contribution < -0.4 is 10.6 Å². The Labute approximate surface area is 167 Å². The maximum Gasteiger partial charge on any atom is 0.191 e. The lowest BCUT2D eigenvalue weighted by Gasteiger charge is -2.26. The van der Waals surface area contributed by atoms with E-state index in [4.69, 9.17) is 4.99 Å². The first kappa shape index (κ1) is 19.8. The molecule has 0 radical (unpaired) electrons. The standard InChI is InChI=1S/C19H27N5.HI/c1-3-20-19(22-14-17-11-12-23-24(17)2)21-13-16-9-6-8-15-7-4-5-10-18(15)16;/h4-5,7,10-12,16H,3,6,8-9,13-14H2,1-2H3,(H2,20,21,22);1H. The van der Waals surface area contributed by atoms with Gasteiger partial charge in [0.05, 0.1) is 12.2 Å². The predicted octanol–water partition coefficient (Wildman–Crippen LogP) is 3.21. The van der Waals surface area contributed by atoms with Gasteiger partial charge in [0.15, 0.2) is 5.96 Å². The van der Waals surface area contributed by atoms with Crippen LogP contribution in [0.3, 0.4) is 0 Å². The Morgan fingerprint density at radius 1 is 1.28 bits per heavy atom. The lowest BCUT2D eigenvalue weighted by atomic mass is 9.83. The lowest BCUT2D eigenvalue weighted by molar-refractivity contribution is 0.539. The molecule has 3 rings (SSSR count). The molecule has 6 heteroatoms. The van der Waals surface area contributed by atoms with Crippen molar-refractivity contribution in [2.75, 3.05) is 13.1 Å². The average molecular weight is 453 g/mol. The van der Waals surface area contributed by atoms with Crippen molar-refractivity contribution >= 4 is 29.9 Å². The molecule has 0 bridgehead atoms. The van der Waals surface area contributed by atoms with Crippen LogP contribution in [0.15, 0.2) is 41.5 Å². The first-order valence-corrected chi connectivity index (χ1v) is 8.84. The topological polar surface area (TPSA) is 54.2 Å². The summed E-state index contributed by atoms with van der Waals surface area (Å²) in [4.78, 5) is 4.69. The number of benzene rings is 1. The second-order valence-electron chi connectivity index (χ2n) is 6.31. The normalized spacial score (nSPS) is 16.7. The number of aryl methyl sites for hydroxylation is 2. The molecule has 25 heavy (non-hydrogen) atoms. The minimum absolute atomic E-state index is 0. The van der Waals surface area contributed by atoms with Crippen LogP contribution in [0.4, 0.5) is 0 Å². The highest BCUT2D eigenvalue weighted by molar-refractivity contribution is 14.0. The van der Waals surface area contributed by atoms with E-state index < -0.39 is 0 Å². The zero-order valence-corrected chi connectivity index (χ0v) is 17.4. The molecule has 1 atom stereocenters. The fourth-order valence-corrected chi connectivity index (χ4v) is 3.34. The van der Waals surface area contributed by atoms with Crippen LogP contribution in [0.25, 0.3) is 0 Å². The molecule has 0 fully saturated rings. The van der Waals surface area contributed by atoms with E-state index in [0.29, 0.717) is 12.5 Å². The van der Waals surface area contributed by atoms with Crippen molar-refractivity contribution in [3.63, 3.8) is 0 Å². The fourth-order valence-electron chi connectivity index (χ4n) is 3.34. The van der Waals surface area contributed by atoms with Gasteiger partial charge >= 0.3 is 0 Å². The highest BCUT2D eigenvalue weighted by atomic mass is 127. The van der Waals surface area contributed by atoms with Gasteiger partial charge in [-0.3, -0.25) is 4.68 Å². The summed E-state index contributed by atoms with van der Waals surface area (Å²) in [5.41, 5.74) is 4.11. The van der Waals surface area contributed by atoms with Crippen LogP contribution in [0, 0.1) is 0 Å². The molecule has 5 nitrogen and oxygen atoms in total. The summed E-state index contributed by atoms with van der Waals surface area (Å²) in [6.45, 7) is 4.51. The van der Waals surface area contributed by atoms with Gasteiger partial charge in [-0.2, -0.15) is 5.10 Å². The van der Waals surface area contributed by atoms with Crippen LogP contribution in [0.1, 0.15) is 42.5 Å². The number of hydrogen-bond donors (Lipinski definition) is 2. The van der Waals surface area contributed by atoms with E-state index in [0.717, 1.165) is 24.7 Å². The second-order valence-corrected chi connectivity index (χ2v) is 6.31. The highest BCUT2D eigenvalue weighted by Crippen LogP contribution is 2.30. The molecule has 1 heterocycles. The Kier molecular flexibility index (Phi) is 7.74. The van der Waals surface area contributed by atoms with Gasteiger partial charge < -0.3 is 10.6 Å². The first-order chi connectivity index (χ1) is 11.8. The van der Waals surface area contributed by atoms with Gasteiger partial charge in [0.2, 0.25) is 0 Å². The van der Waals surface area contributed by atoms with Crippen LogP contribution in [-0.4, -0.2) is 28.8 Å². The molecule has 0 aliphatic heterocycles. The third-order valence-corrected chi connectivity index (χ3v) is 4.68. The molecule has 2 N–H and O–H groups in total. The summed E-state index contributed by atoms with van der Waals surface area (Å²) >= 11 is 0. The Hall–Kier alpha value is -1.57. The molecule has 1 aromatic heterocycles. The van der Waals surface area contributed by atoms with Crippen LogP contribution in [-0.2, 0) is 20.0 Å². The third kappa shape index (κ3) is 5.20. The van der Waals surface area contributed by atoms with Gasteiger partial charge in [0, 0.05) is 32.3 Å². The largest absolute Gasteiger partial charge is 0.357 e. The average Bonchev–Trinajstić information content (AvgIpc) is 3.02. The number of nitrogens with one attached hydrogen (secondary N) is 2. The van der Waals surface area contributed by atoms with Crippen molar-refractivity contribution in [1.29, 1.82) is 0 Å². The van der Waals surface area contributed by atoms with E-state index in [1.54, 1.807) is 0 Å². The van der Waals surface area contributed by atoms with Crippen molar-refractivity contribution in [2.45, 2.75) is 38.6 Å². The number of fused-ring (bicyclic) bond motifs is 1. The van der Waals surface area contributed by atoms with Gasteiger partial charge in [0.25, 0.3) is 0 Å². The molecule has 0 spiro atoms. The van der Waals surface area contributed by atoms with E-state index in [1.165, 1.54) is 30.4 Å². The number of rotatable bonds is 5. The first-order valence-electron chi connectivity index (χ1n) is 8.84. The summed E-state index contributed by atoms with van der Waals surface area (Å²) < 4.78 is 1.87. The zero-order chi connectivity index (χ0) is 16.8. The van der Waals surface area contributed by atoms with Gasteiger partial charge in [-0.15, -0.1) is 24.0 Å². The number of aromatic nitrogens is 2. The molecule has 1 unspecified atom stereocenters. The molecule has 0 amide bonds. The Morgan fingerprint density at radius 2 is 2.12 bits per heavy atom. The number of halogens is 1. The van der Waals surface area contributed by atoms with Crippen LogP contribution >= 0.6 is 24.0 Å². The van der Waals surface area contributed by atoms with Crippen molar-refractivity contribution in [2.24, 2.45) is 12.0 Å². The van der Waals surface area contributed by atoms with E-state index in [1.807, 2.05) is 24.0 Å². The quantitative estimate of drug-likeness (QED) is 0.416. The summed E-state index contributed by atoms with van der Waals surface area (Å²) in [5.74, 6) is 1.44. The van der Waals surface area contributed by atoms with Gasteiger partial charge in [-0.25, -0.2) is 4.99 Å². The Bertz CT molecular complexity index is 695. The zero-order valence-electron chi connectivity index (χ0n) is 15.0. The smallest absolute Gasteiger partial charge is 0.191 e. The molecule has 0 saturated heterocycles. The van der Waals surface area contributed by atoms with Crippen molar-refractivity contribution in [3.8, 4) is 0 Å². The minimum atomic E-state index is 0.